The molecule has 0 spiro atoms. The molecule has 1 N–H and O–H groups in total. The summed E-state index contributed by atoms with van der Waals surface area (Å²) in [6, 6.07) is 8.43. The number of oxazole rings is 1. The highest BCUT2D eigenvalue weighted by Crippen LogP contribution is 2.11. The lowest BCUT2D eigenvalue weighted by Crippen LogP contribution is -2.10. The Hall–Kier alpha value is -1.61. The quantitative estimate of drug-likeness (QED) is 0.856. The zero-order chi connectivity index (χ0) is 12.1. The molecule has 17 heavy (non-hydrogen) atoms. The van der Waals surface area contributed by atoms with E-state index in [0.717, 1.165) is 31.0 Å². The Morgan fingerprint density at radius 3 is 3.00 bits per heavy atom. The smallest absolute Gasteiger partial charge is 0.198 e. The molecule has 90 valence electrons. The third kappa shape index (κ3) is 3.43. The number of aromatic nitrogens is 1. The number of benzene rings is 1. The first-order valence-electron chi connectivity index (χ1n) is 5.91. The Kier molecular flexibility index (Phi) is 3.94. The molecule has 0 saturated carbocycles. The van der Waals surface area contributed by atoms with Gasteiger partial charge in [0.1, 0.15) is 6.26 Å². The van der Waals surface area contributed by atoms with E-state index in [2.05, 4.69) is 41.5 Å². The van der Waals surface area contributed by atoms with Crippen LogP contribution in [0.25, 0.3) is 0 Å². The van der Waals surface area contributed by atoms with Crippen LogP contribution >= 0.6 is 0 Å². The molecule has 0 aliphatic heterocycles. The Labute approximate surface area is 102 Å². The van der Waals surface area contributed by atoms with Crippen molar-refractivity contribution in [2.45, 2.75) is 19.8 Å². The van der Waals surface area contributed by atoms with Gasteiger partial charge in [-0.15, -0.1) is 0 Å². The van der Waals surface area contributed by atoms with Crippen LogP contribution in [0.15, 0.2) is 34.9 Å². The number of likely N-dealkylation sites (N-methyl/N-ethyl adjacent to an activating group) is 1. The topological polar surface area (TPSA) is 38.1 Å². The summed E-state index contributed by atoms with van der Waals surface area (Å²) in [5.41, 5.74) is 3.53. The Balaban J connectivity index is 2.01. The molecule has 3 heteroatoms. The highest BCUT2D eigenvalue weighted by molar-refractivity contribution is 5.24. The normalized spacial score (nSPS) is 10.7. The van der Waals surface area contributed by atoms with E-state index in [1.54, 1.807) is 6.26 Å². The summed E-state index contributed by atoms with van der Waals surface area (Å²) in [6.45, 7) is 3.02. The molecular formula is C14H18N2O. The maximum atomic E-state index is 5.47. The van der Waals surface area contributed by atoms with Crippen molar-refractivity contribution in [3.8, 4) is 0 Å². The maximum absolute atomic E-state index is 5.47. The zero-order valence-electron chi connectivity index (χ0n) is 10.4. The lowest BCUT2D eigenvalue weighted by atomic mass is 10.1. The van der Waals surface area contributed by atoms with E-state index >= 15 is 0 Å². The zero-order valence-corrected chi connectivity index (χ0v) is 10.4. The third-order valence-electron chi connectivity index (χ3n) is 2.67. The summed E-state index contributed by atoms with van der Waals surface area (Å²) in [4.78, 5) is 4.47. The Morgan fingerprint density at radius 1 is 1.35 bits per heavy atom. The van der Waals surface area contributed by atoms with Gasteiger partial charge in [-0.25, -0.2) is 4.98 Å². The van der Waals surface area contributed by atoms with Gasteiger partial charge in [0.05, 0.1) is 5.69 Å². The van der Waals surface area contributed by atoms with E-state index in [9.17, 15) is 0 Å². The molecule has 1 heterocycles. The van der Waals surface area contributed by atoms with Gasteiger partial charge < -0.3 is 9.73 Å². The van der Waals surface area contributed by atoms with Crippen molar-refractivity contribution in [3.05, 3.63) is 53.2 Å². The summed E-state index contributed by atoms with van der Waals surface area (Å²) in [5.74, 6) is 0.793. The van der Waals surface area contributed by atoms with Crippen molar-refractivity contribution in [2.24, 2.45) is 0 Å². The fourth-order valence-corrected chi connectivity index (χ4v) is 1.79. The van der Waals surface area contributed by atoms with Gasteiger partial charge in [0.25, 0.3) is 0 Å². The summed E-state index contributed by atoms with van der Waals surface area (Å²) in [6.07, 6.45) is 3.43. The van der Waals surface area contributed by atoms with Crippen LogP contribution in [0.4, 0.5) is 0 Å². The predicted octanol–water partition coefficient (Wildman–Crippen LogP) is 2.34. The highest BCUT2D eigenvalue weighted by atomic mass is 16.3. The van der Waals surface area contributed by atoms with Crippen LogP contribution in [0, 0.1) is 6.92 Å². The van der Waals surface area contributed by atoms with E-state index in [1.165, 1.54) is 11.1 Å². The first kappa shape index (κ1) is 11.9. The average molecular weight is 230 g/mol. The lowest BCUT2D eigenvalue weighted by molar-refractivity contribution is 0.506. The molecule has 1 aromatic heterocycles. The van der Waals surface area contributed by atoms with Crippen molar-refractivity contribution in [3.63, 3.8) is 0 Å². The standard InChI is InChI=1S/C14H18N2O/c1-11-4-3-5-12(8-11)9-14-16-13(10-17-14)6-7-15-2/h3-5,8,10,15H,6-7,9H2,1-2H3. The van der Waals surface area contributed by atoms with Crippen LogP contribution in [0.5, 0.6) is 0 Å². The summed E-state index contributed by atoms with van der Waals surface area (Å²) in [7, 11) is 1.94. The number of hydrogen-bond acceptors (Lipinski definition) is 3. The van der Waals surface area contributed by atoms with E-state index in [-0.39, 0.29) is 0 Å². The number of rotatable bonds is 5. The number of nitrogens with one attached hydrogen (secondary N) is 1. The van der Waals surface area contributed by atoms with Crippen LogP contribution in [0.3, 0.4) is 0 Å². The Morgan fingerprint density at radius 2 is 2.24 bits per heavy atom. The van der Waals surface area contributed by atoms with Crippen molar-refractivity contribution < 1.29 is 4.42 Å². The minimum atomic E-state index is 0.765. The molecule has 0 radical (unpaired) electrons. The second kappa shape index (κ2) is 5.64. The van der Waals surface area contributed by atoms with Gasteiger partial charge in [0, 0.05) is 19.4 Å². The molecule has 0 saturated heterocycles. The van der Waals surface area contributed by atoms with Crippen LogP contribution in [0.2, 0.25) is 0 Å². The summed E-state index contributed by atoms with van der Waals surface area (Å²) >= 11 is 0. The van der Waals surface area contributed by atoms with Crippen LogP contribution in [-0.2, 0) is 12.8 Å². The summed E-state index contributed by atoms with van der Waals surface area (Å²) < 4.78 is 5.47. The molecule has 0 fully saturated rings. The van der Waals surface area contributed by atoms with Gasteiger partial charge in [-0.2, -0.15) is 0 Å². The molecule has 2 aromatic rings. The SMILES string of the molecule is CNCCc1coc(Cc2cccc(C)c2)n1. The van der Waals surface area contributed by atoms with Crippen molar-refractivity contribution in [1.29, 1.82) is 0 Å². The van der Waals surface area contributed by atoms with Crippen molar-refractivity contribution in [1.82, 2.24) is 10.3 Å². The third-order valence-corrected chi connectivity index (χ3v) is 2.67. The van der Waals surface area contributed by atoms with Gasteiger partial charge in [0.15, 0.2) is 5.89 Å². The molecule has 1 aromatic carbocycles. The van der Waals surface area contributed by atoms with Crippen molar-refractivity contribution in [2.75, 3.05) is 13.6 Å². The monoisotopic (exact) mass is 230 g/mol. The van der Waals surface area contributed by atoms with E-state index < -0.39 is 0 Å². The van der Waals surface area contributed by atoms with Crippen LogP contribution < -0.4 is 5.32 Å². The second-order valence-electron chi connectivity index (χ2n) is 4.25. The molecule has 3 nitrogen and oxygen atoms in total. The highest BCUT2D eigenvalue weighted by Gasteiger charge is 2.04. The minimum absolute atomic E-state index is 0.765. The number of hydrogen-bond donors (Lipinski definition) is 1. The average Bonchev–Trinajstić information content (AvgIpc) is 2.74. The van der Waals surface area contributed by atoms with E-state index in [1.807, 2.05) is 7.05 Å². The molecular weight excluding hydrogens is 212 g/mol. The molecule has 2 rings (SSSR count). The van der Waals surface area contributed by atoms with Gasteiger partial charge in [0.2, 0.25) is 0 Å². The van der Waals surface area contributed by atoms with Gasteiger partial charge in [-0.3, -0.25) is 0 Å². The number of nitrogens with zero attached hydrogens (tertiary/aromatic N) is 1. The largest absolute Gasteiger partial charge is 0.448 e. The van der Waals surface area contributed by atoms with Crippen LogP contribution in [-0.4, -0.2) is 18.6 Å². The van der Waals surface area contributed by atoms with Crippen LogP contribution in [0.1, 0.15) is 22.7 Å². The van der Waals surface area contributed by atoms with Gasteiger partial charge in [-0.05, 0) is 19.5 Å². The maximum Gasteiger partial charge on any atom is 0.198 e. The fraction of sp³-hybridized carbons (Fsp3) is 0.357. The Bertz CT molecular complexity index is 477. The molecule has 0 atom stereocenters. The molecule has 0 bridgehead atoms. The summed E-state index contributed by atoms with van der Waals surface area (Å²) in [5, 5.41) is 3.10. The first-order valence-corrected chi connectivity index (χ1v) is 5.91. The van der Waals surface area contributed by atoms with E-state index in [0.29, 0.717) is 0 Å². The second-order valence-corrected chi connectivity index (χ2v) is 4.25. The predicted molar refractivity (Wildman–Crippen MR) is 68.1 cm³/mol. The fourth-order valence-electron chi connectivity index (χ4n) is 1.79. The minimum Gasteiger partial charge on any atom is -0.448 e. The van der Waals surface area contributed by atoms with Gasteiger partial charge in [-0.1, -0.05) is 29.8 Å². The van der Waals surface area contributed by atoms with E-state index in [4.69, 9.17) is 4.42 Å². The molecule has 0 aliphatic carbocycles. The van der Waals surface area contributed by atoms with Crippen molar-refractivity contribution >= 4 is 0 Å². The molecule has 0 amide bonds. The molecule has 0 unspecified atom stereocenters. The van der Waals surface area contributed by atoms with Gasteiger partial charge >= 0.3 is 0 Å². The number of aryl methyl sites for hydroxylation is 1. The molecule has 0 aliphatic rings. The first-order chi connectivity index (χ1) is 8.28. The lowest BCUT2D eigenvalue weighted by Gasteiger charge is -1.98.